The monoisotopic (exact) mass is 784 g/mol. The van der Waals surface area contributed by atoms with Crippen LogP contribution in [0.5, 0.6) is 11.5 Å². The second kappa shape index (κ2) is 14.9. The number of hydrogen-bond donors (Lipinski definition) is 2. The highest BCUT2D eigenvalue weighted by atomic mass is 127. The number of rotatable bonds is 9. The van der Waals surface area contributed by atoms with Gasteiger partial charge in [-0.05, 0) is 103 Å². The van der Waals surface area contributed by atoms with Crippen LogP contribution in [0, 0.1) is 17.4 Å². The molecule has 240 valence electrons. The zero-order chi connectivity index (χ0) is 33.7. The standard InChI is InChI=1S/C33H27Cl2IN6O5/c1-18-7-12-27(19(2)13-18)47-17-28(43)37-23-6-4-5-20(14-23)32(44)38-31-29(40-39-22-8-10-24(46-3)11-9-22)33(45)42(41-31)30-25(34)15-21(36)16-26(30)35/h4-16,29H,17H2,1-3H3,(H,37,43)(H,38,41,44). The van der Waals surface area contributed by atoms with Crippen molar-refractivity contribution in [1.29, 1.82) is 0 Å². The molecule has 0 bridgehead atoms. The van der Waals surface area contributed by atoms with Gasteiger partial charge < -0.3 is 20.1 Å². The Kier molecular flexibility index (Phi) is 10.7. The molecule has 3 amide bonds. The summed E-state index contributed by atoms with van der Waals surface area (Å²) in [6.45, 7) is 3.65. The predicted molar refractivity (Wildman–Crippen MR) is 189 cm³/mol. The van der Waals surface area contributed by atoms with Crippen molar-refractivity contribution in [3.05, 3.63) is 109 Å². The van der Waals surface area contributed by atoms with E-state index in [2.05, 4.69) is 26.0 Å². The lowest BCUT2D eigenvalue weighted by atomic mass is 10.1. The molecule has 1 heterocycles. The highest BCUT2D eigenvalue weighted by molar-refractivity contribution is 14.1. The summed E-state index contributed by atoms with van der Waals surface area (Å²) >= 11 is 15.0. The molecule has 1 aliphatic heterocycles. The number of azo groups is 1. The van der Waals surface area contributed by atoms with Gasteiger partial charge in [0.15, 0.2) is 12.4 Å². The number of hydrogen-bond acceptors (Lipinski definition) is 8. The SMILES string of the molecule is COc1ccc(N=NC2C(=O)N(c3c(Cl)cc(I)cc3Cl)N=C2NC(=O)c2cccc(NC(=O)COc3ccc(C)cc3C)c2)cc1. The average Bonchev–Trinajstić information content (AvgIpc) is 3.33. The molecule has 0 aromatic heterocycles. The zero-order valence-corrected chi connectivity index (χ0v) is 28.9. The Morgan fingerprint density at radius 1 is 0.979 bits per heavy atom. The fourth-order valence-corrected chi connectivity index (χ4v) is 6.18. The first-order valence-electron chi connectivity index (χ1n) is 14.1. The van der Waals surface area contributed by atoms with E-state index in [9.17, 15) is 14.4 Å². The highest BCUT2D eigenvalue weighted by Gasteiger charge is 2.40. The summed E-state index contributed by atoms with van der Waals surface area (Å²) in [4.78, 5) is 39.7. The summed E-state index contributed by atoms with van der Waals surface area (Å²) in [5.74, 6) is -0.519. The summed E-state index contributed by atoms with van der Waals surface area (Å²) in [6, 6.07) is 20.6. The minimum Gasteiger partial charge on any atom is -0.497 e. The number of ether oxygens (including phenoxy) is 2. The average molecular weight is 785 g/mol. The Hall–Kier alpha value is -4.53. The van der Waals surface area contributed by atoms with Crippen molar-refractivity contribution in [1.82, 2.24) is 5.32 Å². The zero-order valence-electron chi connectivity index (χ0n) is 25.3. The lowest BCUT2D eigenvalue weighted by Gasteiger charge is -2.15. The molecule has 11 nitrogen and oxygen atoms in total. The van der Waals surface area contributed by atoms with Crippen LogP contribution in [0.1, 0.15) is 21.5 Å². The van der Waals surface area contributed by atoms with E-state index < -0.39 is 23.8 Å². The number of methoxy groups -OCH3 is 1. The number of anilines is 2. The van der Waals surface area contributed by atoms with Gasteiger partial charge in [0.1, 0.15) is 17.2 Å². The topological polar surface area (TPSA) is 134 Å². The third-order valence-electron chi connectivity index (χ3n) is 6.80. The van der Waals surface area contributed by atoms with Crippen LogP contribution in [0.4, 0.5) is 17.1 Å². The number of benzene rings is 4. The summed E-state index contributed by atoms with van der Waals surface area (Å²) in [5.41, 5.74) is 3.13. The molecule has 14 heteroatoms. The van der Waals surface area contributed by atoms with Gasteiger partial charge in [-0.1, -0.05) is 47.0 Å². The molecule has 5 rings (SSSR count). The summed E-state index contributed by atoms with van der Waals surface area (Å²) < 4.78 is 11.6. The molecule has 2 N–H and O–H groups in total. The van der Waals surface area contributed by atoms with Gasteiger partial charge in [0, 0.05) is 14.8 Å². The number of carbonyl (C=O) groups is 3. The number of amidine groups is 1. The lowest BCUT2D eigenvalue weighted by molar-refractivity contribution is -0.118. The Morgan fingerprint density at radius 3 is 2.38 bits per heavy atom. The van der Waals surface area contributed by atoms with Gasteiger partial charge in [0.05, 0.1) is 22.8 Å². The Bertz CT molecular complexity index is 1900. The first-order chi connectivity index (χ1) is 22.5. The minimum atomic E-state index is -1.32. The van der Waals surface area contributed by atoms with Crippen molar-refractivity contribution < 1.29 is 23.9 Å². The van der Waals surface area contributed by atoms with Gasteiger partial charge >= 0.3 is 0 Å². The van der Waals surface area contributed by atoms with Gasteiger partial charge in [-0.3, -0.25) is 14.4 Å². The van der Waals surface area contributed by atoms with E-state index in [0.717, 1.165) is 19.7 Å². The van der Waals surface area contributed by atoms with Crippen molar-refractivity contribution in [2.45, 2.75) is 19.9 Å². The molecular formula is C33H27Cl2IN6O5. The van der Waals surface area contributed by atoms with E-state index >= 15 is 0 Å². The van der Waals surface area contributed by atoms with Crippen LogP contribution in [0.2, 0.25) is 10.0 Å². The summed E-state index contributed by atoms with van der Waals surface area (Å²) in [6.07, 6.45) is 0. The molecular weight excluding hydrogens is 758 g/mol. The molecule has 0 saturated heterocycles. The van der Waals surface area contributed by atoms with Crippen molar-refractivity contribution in [2.24, 2.45) is 15.3 Å². The van der Waals surface area contributed by atoms with Gasteiger partial charge in [0.25, 0.3) is 17.7 Å². The molecule has 0 spiro atoms. The van der Waals surface area contributed by atoms with Gasteiger partial charge in [0.2, 0.25) is 6.04 Å². The van der Waals surface area contributed by atoms with E-state index in [-0.39, 0.29) is 33.7 Å². The number of hydrazone groups is 1. The first kappa shape index (κ1) is 33.8. The molecule has 0 fully saturated rings. The Labute approximate surface area is 294 Å². The molecule has 0 aliphatic carbocycles. The molecule has 47 heavy (non-hydrogen) atoms. The summed E-state index contributed by atoms with van der Waals surface area (Å²) in [5, 5.41) is 19.5. The fraction of sp³-hybridized carbons (Fsp3) is 0.152. The molecule has 4 aromatic carbocycles. The van der Waals surface area contributed by atoms with E-state index in [1.165, 1.54) is 6.07 Å². The van der Waals surface area contributed by atoms with Gasteiger partial charge in [-0.15, -0.1) is 5.10 Å². The maximum Gasteiger partial charge on any atom is 0.282 e. The van der Waals surface area contributed by atoms with E-state index in [1.807, 2.05) is 54.6 Å². The Morgan fingerprint density at radius 2 is 1.70 bits per heavy atom. The number of amides is 3. The molecule has 1 unspecified atom stereocenters. The number of nitrogens with zero attached hydrogens (tertiary/aromatic N) is 4. The normalized spacial score (nSPS) is 14.3. The molecule has 0 saturated carbocycles. The van der Waals surface area contributed by atoms with Crippen LogP contribution in [-0.4, -0.2) is 43.3 Å². The van der Waals surface area contributed by atoms with Gasteiger partial charge in [-0.25, -0.2) is 0 Å². The van der Waals surface area contributed by atoms with E-state index in [4.69, 9.17) is 32.7 Å². The van der Waals surface area contributed by atoms with Crippen molar-refractivity contribution in [2.75, 3.05) is 24.0 Å². The van der Waals surface area contributed by atoms with Crippen molar-refractivity contribution in [3.63, 3.8) is 0 Å². The number of halogens is 3. The third kappa shape index (κ3) is 8.25. The van der Waals surface area contributed by atoms with Crippen LogP contribution in [0.3, 0.4) is 0 Å². The highest BCUT2D eigenvalue weighted by Crippen LogP contribution is 2.38. The number of aryl methyl sites for hydroxylation is 2. The second-order valence-corrected chi connectivity index (χ2v) is 12.4. The maximum atomic E-state index is 13.6. The van der Waals surface area contributed by atoms with Crippen LogP contribution < -0.4 is 25.1 Å². The van der Waals surface area contributed by atoms with Gasteiger partial charge in [-0.2, -0.15) is 15.2 Å². The number of carbonyl (C=O) groups excluding carboxylic acids is 3. The van der Waals surface area contributed by atoms with Crippen LogP contribution in [0.15, 0.2) is 94.2 Å². The summed E-state index contributed by atoms with van der Waals surface area (Å²) in [7, 11) is 1.54. The predicted octanol–water partition coefficient (Wildman–Crippen LogP) is 7.48. The molecule has 0 radical (unpaired) electrons. The lowest BCUT2D eigenvalue weighted by Crippen LogP contribution is -2.39. The van der Waals surface area contributed by atoms with Crippen LogP contribution >= 0.6 is 45.8 Å². The fourth-order valence-electron chi connectivity index (χ4n) is 4.54. The van der Waals surface area contributed by atoms with Crippen LogP contribution in [0.25, 0.3) is 0 Å². The largest absolute Gasteiger partial charge is 0.497 e. The van der Waals surface area contributed by atoms with E-state index in [0.29, 0.717) is 22.9 Å². The van der Waals surface area contributed by atoms with Crippen molar-refractivity contribution in [3.8, 4) is 11.5 Å². The smallest absolute Gasteiger partial charge is 0.282 e. The molecule has 1 atom stereocenters. The third-order valence-corrected chi connectivity index (χ3v) is 8.00. The minimum absolute atomic E-state index is 0.0979. The maximum absolute atomic E-state index is 13.6. The van der Waals surface area contributed by atoms with E-state index in [1.54, 1.807) is 61.7 Å². The first-order valence-corrected chi connectivity index (χ1v) is 15.9. The second-order valence-electron chi connectivity index (χ2n) is 10.3. The van der Waals surface area contributed by atoms with Crippen molar-refractivity contribution >= 4 is 86.4 Å². The quantitative estimate of drug-likeness (QED) is 0.134. The number of nitrogens with one attached hydrogen (secondary N) is 2. The molecule has 4 aromatic rings. The molecule has 1 aliphatic rings. The Balaban J connectivity index is 1.35. The van der Waals surface area contributed by atoms with Crippen LogP contribution in [-0.2, 0) is 9.59 Å².